The van der Waals surface area contributed by atoms with Gasteiger partial charge >= 0.3 is 0 Å². The zero-order valence-electron chi connectivity index (χ0n) is 45.1. The summed E-state index contributed by atoms with van der Waals surface area (Å²) in [5.41, 5.74) is 24.9. The van der Waals surface area contributed by atoms with Gasteiger partial charge in [0.25, 0.3) is 6.71 Å². The van der Waals surface area contributed by atoms with Crippen LogP contribution in [0, 0.1) is 0 Å². The molecular weight excluding hydrogens is 1040 g/mol. The molecule has 0 radical (unpaired) electrons. The monoisotopic (exact) mass is 1090 g/mol. The second-order valence-corrected chi connectivity index (χ2v) is 24.1. The molecule has 0 bridgehead atoms. The van der Waals surface area contributed by atoms with Gasteiger partial charge in [-0.3, -0.25) is 0 Å². The summed E-state index contributed by atoms with van der Waals surface area (Å²) in [5.74, 6) is 0. The van der Waals surface area contributed by atoms with Crippen LogP contribution in [0.2, 0.25) is 0 Å². The second kappa shape index (κ2) is 19.3. The lowest BCUT2D eigenvalue weighted by Crippen LogP contribution is -2.61. The van der Waals surface area contributed by atoms with E-state index in [1.807, 2.05) is 22.7 Å². The molecule has 0 saturated heterocycles. The Bertz CT molecular complexity index is 4620. The lowest BCUT2D eigenvalue weighted by atomic mass is 9.33. The number of hydrogen-bond donors (Lipinski definition) is 0. The van der Waals surface area contributed by atoms with E-state index in [2.05, 4.69) is 307 Å². The van der Waals surface area contributed by atoms with Gasteiger partial charge in [-0.05, 0) is 180 Å². The molecule has 4 heterocycles. The van der Waals surface area contributed by atoms with E-state index in [0.29, 0.717) is 0 Å². The molecule has 0 saturated carbocycles. The Labute approximate surface area is 490 Å². The van der Waals surface area contributed by atoms with E-state index in [1.165, 1.54) is 135 Å². The first kappa shape index (κ1) is 47.7. The van der Waals surface area contributed by atoms with Gasteiger partial charge in [0.05, 0.1) is 0 Å². The molecule has 0 amide bonds. The maximum Gasteiger partial charge on any atom is 0.252 e. The van der Waals surface area contributed by atoms with Crippen LogP contribution in [0.5, 0.6) is 0 Å². The summed E-state index contributed by atoms with van der Waals surface area (Å²) < 4.78 is 5.23. The summed E-state index contributed by atoms with van der Waals surface area (Å²) in [7, 11) is 0. The molecule has 0 atom stereocenters. The molecule has 0 aliphatic carbocycles. The van der Waals surface area contributed by atoms with Crippen molar-refractivity contribution in [1.29, 1.82) is 0 Å². The van der Waals surface area contributed by atoms with Crippen molar-refractivity contribution < 1.29 is 0 Å². The topological polar surface area (TPSA) is 6.48 Å². The summed E-state index contributed by atoms with van der Waals surface area (Å²) in [6.45, 7) is -0.0924. The maximum atomic E-state index is 2.58. The second-order valence-electron chi connectivity index (χ2n) is 22.0. The highest BCUT2D eigenvalue weighted by Crippen LogP contribution is 2.49. The Balaban J connectivity index is 0.940. The SMILES string of the molecule is c1ccc(-c2cc(-c3ccccc3)cc(N3c4cc(-c5ccc6sc7ccccc7c6c5)ccc4B4c5ccc(-c6ccc7sc8ccccc8c7c6)cc5N(c5cc(-c6ccccc6)cc(-c6ccccc6)c5)c5cccc3c54)c2)cc1. The third-order valence-corrected chi connectivity index (χ3v) is 19.5. The minimum Gasteiger partial charge on any atom is -0.311 e. The van der Waals surface area contributed by atoms with Crippen LogP contribution < -0.4 is 26.2 Å². The van der Waals surface area contributed by atoms with E-state index in [1.54, 1.807) is 0 Å². The van der Waals surface area contributed by atoms with E-state index < -0.39 is 0 Å². The lowest BCUT2D eigenvalue weighted by Gasteiger charge is -2.44. The molecule has 2 aliphatic rings. The van der Waals surface area contributed by atoms with Gasteiger partial charge in [0, 0.05) is 74.5 Å². The van der Waals surface area contributed by atoms with E-state index >= 15 is 0 Å². The van der Waals surface area contributed by atoms with Gasteiger partial charge in [-0.2, -0.15) is 0 Å². The fourth-order valence-electron chi connectivity index (χ4n) is 13.3. The van der Waals surface area contributed by atoms with Gasteiger partial charge in [0.2, 0.25) is 0 Å². The predicted molar refractivity (Wildman–Crippen MR) is 359 cm³/mol. The van der Waals surface area contributed by atoms with Crippen LogP contribution in [0.4, 0.5) is 34.1 Å². The number of fused-ring (bicyclic) bond motifs is 10. The van der Waals surface area contributed by atoms with Crippen molar-refractivity contribution in [2.45, 2.75) is 0 Å². The molecule has 0 unspecified atom stereocenters. The van der Waals surface area contributed by atoms with Crippen LogP contribution in [-0.2, 0) is 0 Å². The van der Waals surface area contributed by atoms with Crippen molar-refractivity contribution in [3.05, 3.63) is 297 Å². The first-order valence-electron chi connectivity index (χ1n) is 28.5. The van der Waals surface area contributed by atoms with Crippen molar-refractivity contribution in [3.63, 3.8) is 0 Å². The number of thiophene rings is 2. The van der Waals surface area contributed by atoms with Crippen LogP contribution in [-0.4, -0.2) is 6.71 Å². The van der Waals surface area contributed by atoms with Gasteiger partial charge in [-0.15, -0.1) is 22.7 Å². The molecule has 0 N–H and O–H groups in total. The maximum absolute atomic E-state index is 2.58. The Kier molecular flexibility index (Phi) is 11.1. The summed E-state index contributed by atoms with van der Waals surface area (Å²) in [6.07, 6.45) is 0. The fourth-order valence-corrected chi connectivity index (χ4v) is 15.5. The molecule has 5 heteroatoms. The van der Waals surface area contributed by atoms with Crippen molar-refractivity contribution in [3.8, 4) is 66.8 Å². The zero-order valence-corrected chi connectivity index (χ0v) is 46.7. The van der Waals surface area contributed by atoms with E-state index in [9.17, 15) is 0 Å². The molecule has 2 aliphatic heterocycles. The van der Waals surface area contributed by atoms with Gasteiger partial charge in [0.15, 0.2) is 0 Å². The Hall–Kier alpha value is -10.0. The molecule has 15 aromatic rings. The molecule has 386 valence electrons. The normalized spacial score (nSPS) is 12.5. The Morgan fingerprint density at radius 1 is 0.217 bits per heavy atom. The zero-order chi connectivity index (χ0) is 54.5. The summed E-state index contributed by atoms with van der Waals surface area (Å²) in [4.78, 5) is 5.17. The van der Waals surface area contributed by atoms with Crippen LogP contribution in [0.1, 0.15) is 0 Å². The highest BCUT2D eigenvalue weighted by atomic mass is 32.1. The Morgan fingerprint density at radius 3 is 0.952 bits per heavy atom. The number of hydrogen-bond acceptors (Lipinski definition) is 4. The van der Waals surface area contributed by atoms with Crippen molar-refractivity contribution in [1.82, 2.24) is 0 Å². The van der Waals surface area contributed by atoms with E-state index in [-0.39, 0.29) is 6.71 Å². The average molecular weight is 1090 g/mol. The van der Waals surface area contributed by atoms with Gasteiger partial charge < -0.3 is 9.80 Å². The molecule has 0 spiro atoms. The third kappa shape index (κ3) is 7.99. The van der Waals surface area contributed by atoms with Crippen molar-refractivity contribution in [2.24, 2.45) is 0 Å². The number of benzene rings is 13. The molecule has 13 aromatic carbocycles. The largest absolute Gasteiger partial charge is 0.311 e. The molecule has 2 nitrogen and oxygen atoms in total. The van der Waals surface area contributed by atoms with Gasteiger partial charge in [-0.25, -0.2) is 0 Å². The lowest BCUT2D eigenvalue weighted by molar-refractivity contribution is 1.25. The predicted octanol–water partition coefficient (Wildman–Crippen LogP) is 20.5. The first-order valence-corrected chi connectivity index (χ1v) is 30.1. The Morgan fingerprint density at radius 2 is 0.554 bits per heavy atom. The van der Waals surface area contributed by atoms with Crippen LogP contribution in [0.3, 0.4) is 0 Å². The molecule has 83 heavy (non-hydrogen) atoms. The standard InChI is InChI=1S/C78H49BN2S2/c1-5-18-50(19-6-1)58-40-59(51-20-7-2-8-21-51)43-62(42-58)80-70-28-17-29-71-78(70)79(68-36-32-56(48-72(68)80)54-34-38-76-66(46-54)64-26-13-15-30-74(64)82-76)69-37-33-57(55-35-39-77-67(47-55)65-27-14-16-31-75(65)83-77)49-73(69)81(71)63-44-60(52-22-9-3-10-23-52)41-61(45-63)53-24-11-4-12-25-53/h1-49H. The first-order chi connectivity index (χ1) is 41.1. The summed E-state index contributed by atoms with van der Waals surface area (Å²) >= 11 is 3.74. The van der Waals surface area contributed by atoms with Crippen molar-refractivity contribution >= 4 is 120 Å². The highest BCUT2D eigenvalue weighted by molar-refractivity contribution is 7.26. The number of nitrogens with zero attached hydrogens (tertiary/aromatic N) is 2. The van der Waals surface area contributed by atoms with Crippen molar-refractivity contribution in [2.75, 3.05) is 9.80 Å². The minimum absolute atomic E-state index is 0.0924. The van der Waals surface area contributed by atoms with Crippen LogP contribution >= 0.6 is 22.7 Å². The van der Waals surface area contributed by atoms with E-state index in [4.69, 9.17) is 0 Å². The minimum atomic E-state index is -0.0924. The summed E-state index contributed by atoms with van der Waals surface area (Å²) in [5, 5.41) is 5.20. The smallest absolute Gasteiger partial charge is 0.252 e. The quantitative estimate of drug-likeness (QED) is 0.140. The molecule has 0 fully saturated rings. The third-order valence-electron chi connectivity index (χ3n) is 17.2. The number of rotatable bonds is 8. The van der Waals surface area contributed by atoms with Crippen LogP contribution in [0.15, 0.2) is 297 Å². The molecule has 17 rings (SSSR count). The van der Waals surface area contributed by atoms with Crippen LogP contribution in [0.25, 0.3) is 107 Å². The fraction of sp³-hybridized carbons (Fsp3) is 0. The molecule has 2 aromatic heterocycles. The van der Waals surface area contributed by atoms with Gasteiger partial charge in [-0.1, -0.05) is 200 Å². The summed E-state index contributed by atoms with van der Waals surface area (Å²) in [6, 6.07) is 111. The number of anilines is 6. The molecular formula is C78H49BN2S2. The highest BCUT2D eigenvalue weighted by Gasteiger charge is 2.43. The van der Waals surface area contributed by atoms with E-state index in [0.717, 1.165) is 22.7 Å². The average Bonchev–Trinajstić information content (AvgIpc) is 2.65. The van der Waals surface area contributed by atoms with Gasteiger partial charge in [0.1, 0.15) is 0 Å².